The van der Waals surface area contributed by atoms with Crippen molar-refractivity contribution in [2.75, 3.05) is 0 Å². The highest BCUT2D eigenvalue weighted by atomic mass is 32.1. The van der Waals surface area contributed by atoms with E-state index in [2.05, 4.69) is 24.9 Å². The average Bonchev–Trinajstić information content (AvgIpc) is 2.52. The maximum Gasteiger partial charge on any atom is 0.261 e. The van der Waals surface area contributed by atoms with Gasteiger partial charge in [-0.1, -0.05) is 13.3 Å². The van der Waals surface area contributed by atoms with Gasteiger partial charge in [-0.25, -0.2) is 0 Å². The van der Waals surface area contributed by atoms with Crippen molar-refractivity contribution in [3.05, 3.63) is 16.3 Å². The van der Waals surface area contributed by atoms with Crippen LogP contribution in [0.3, 0.4) is 0 Å². The second-order valence-electron chi connectivity index (χ2n) is 3.33. The summed E-state index contributed by atoms with van der Waals surface area (Å²) in [6, 6.07) is 2.04. The lowest BCUT2D eigenvalue weighted by Gasteiger charge is -2.11. The summed E-state index contributed by atoms with van der Waals surface area (Å²) in [5.74, 6) is 0.0104. The number of amides is 1. The molecule has 0 aliphatic heterocycles. The van der Waals surface area contributed by atoms with E-state index in [1.54, 1.807) is 6.07 Å². The molecular formula is C10H15NOS2. The maximum absolute atomic E-state index is 11.6. The molecule has 0 saturated heterocycles. The molecule has 0 aliphatic rings. The summed E-state index contributed by atoms with van der Waals surface area (Å²) in [5, 5.41) is 4.81. The quantitative estimate of drug-likeness (QED) is 0.764. The number of hydrogen-bond acceptors (Lipinski definition) is 3. The zero-order valence-corrected chi connectivity index (χ0v) is 10.1. The Labute approximate surface area is 94.1 Å². The number of thiophene rings is 1. The SMILES string of the molecule is CCCC(C)NC(=O)c1cc(S)cs1. The van der Waals surface area contributed by atoms with E-state index in [-0.39, 0.29) is 11.9 Å². The Morgan fingerprint density at radius 1 is 1.71 bits per heavy atom. The number of thiol groups is 1. The number of nitrogens with one attached hydrogen (secondary N) is 1. The highest BCUT2D eigenvalue weighted by molar-refractivity contribution is 7.80. The predicted molar refractivity (Wildman–Crippen MR) is 63.4 cm³/mol. The molecule has 1 N–H and O–H groups in total. The first-order chi connectivity index (χ1) is 6.63. The van der Waals surface area contributed by atoms with Gasteiger partial charge in [0.15, 0.2) is 0 Å². The first-order valence-corrected chi connectivity index (χ1v) is 6.04. The lowest BCUT2D eigenvalue weighted by molar-refractivity contribution is 0.0942. The molecule has 0 radical (unpaired) electrons. The number of carbonyl (C=O) groups is 1. The minimum atomic E-state index is 0.0104. The van der Waals surface area contributed by atoms with E-state index in [9.17, 15) is 4.79 Å². The van der Waals surface area contributed by atoms with E-state index < -0.39 is 0 Å². The first-order valence-electron chi connectivity index (χ1n) is 4.71. The molecule has 0 fully saturated rings. The Hall–Kier alpha value is -0.480. The number of hydrogen-bond donors (Lipinski definition) is 2. The van der Waals surface area contributed by atoms with E-state index in [1.165, 1.54) is 11.3 Å². The standard InChI is InChI=1S/C10H15NOS2/c1-3-4-7(2)11-10(12)9-5-8(13)6-14-9/h5-7,13H,3-4H2,1-2H3,(H,11,12). The van der Waals surface area contributed by atoms with Gasteiger partial charge < -0.3 is 5.32 Å². The summed E-state index contributed by atoms with van der Waals surface area (Å²) >= 11 is 5.59. The summed E-state index contributed by atoms with van der Waals surface area (Å²) < 4.78 is 0. The normalized spacial score (nSPS) is 12.5. The Balaban J connectivity index is 2.50. The molecule has 2 nitrogen and oxygen atoms in total. The van der Waals surface area contributed by atoms with E-state index in [1.807, 2.05) is 12.3 Å². The van der Waals surface area contributed by atoms with Crippen LogP contribution < -0.4 is 5.32 Å². The van der Waals surface area contributed by atoms with Gasteiger partial charge in [-0.05, 0) is 19.4 Å². The van der Waals surface area contributed by atoms with Crippen LogP contribution in [0.15, 0.2) is 16.3 Å². The third kappa shape index (κ3) is 3.35. The molecule has 0 saturated carbocycles. The van der Waals surface area contributed by atoms with Gasteiger partial charge in [0, 0.05) is 16.3 Å². The van der Waals surface area contributed by atoms with Crippen LogP contribution in [0.5, 0.6) is 0 Å². The smallest absolute Gasteiger partial charge is 0.261 e. The van der Waals surface area contributed by atoms with Crippen LogP contribution >= 0.6 is 24.0 Å². The lowest BCUT2D eigenvalue weighted by Crippen LogP contribution is -2.31. The van der Waals surface area contributed by atoms with Crippen LogP contribution in [-0.4, -0.2) is 11.9 Å². The van der Waals surface area contributed by atoms with Crippen LogP contribution in [-0.2, 0) is 0 Å². The van der Waals surface area contributed by atoms with E-state index in [0.717, 1.165) is 22.6 Å². The highest BCUT2D eigenvalue weighted by Gasteiger charge is 2.10. The topological polar surface area (TPSA) is 29.1 Å². The molecule has 14 heavy (non-hydrogen) atoms. The summed E-state index contributed by atoms with van der Waals surface area (Å²) in [5.41, 5.74) is 0. The van der Waals surface area contributed by atoms with Crippen molar-refractivity contribution >= 4 is 29.9 Å². The van der Waals surface area contributed by atoms with Crippen LogP contribution in [0.2, 0.25) is 0 Å². The minimum Gasteiger partial charge on any atom is -0.349 e. The van der Waals surface area contributed by atoms with Crippen molar-refractivity contribution in [3.8, 4) is 0 Å². The van der Waals surface area contributed by atoms with Crippen LogP contribution in [0.1, 0.15) is 36.4 Å². The molecule has 1 unspecified atom stereocenters. The van der Waals surface area contributed by atoms with Gasteiger partial charge in [0.2, 0.25) is 0 Å². The van der Waals surface area contributed by atoms with Crippen molar-refractivity contribution in [1.29, 1.82) is 0 Å². The van der Waals surface area contributed by atoms with Crippen LogP contribution in [0.4, 0.5) is 0 Å². The third-order valence-corrected chi connectivity index (χ3v) is 3.27. The Morgan fingerprint density at radius 3 is 2.93 bits per heavy atom. The highest BCUT2D eigenvalue weighted by Crippen LogP contribution is 2.17. The van der Waals surface area contributed by atoms with Gasteiger partial charge in [-0.15, -0.1) is 24.0 Å². The van der Waals surface area contributed by atoms with Gasteiger partial charge in [0.1, 0.15) is 0 Å². The van der Waals surface area contributed by atoms with E-state index in [0.29, 0.717) is 0 Å². The molecule has 4 heteroatoms. The summed E-state index contributed by atoms with van der Waals surface area (Å²) in [7, 11) is 0. The average molecular weight is 229 g/mol. The third-order valence-electron chi connectivity index (χ3n) is 1.91. The number of carbonyl (C=O) groups excluding carboxylic acids is 1. The molecule has 78 valence electrons. The van der Waals surface area contributed by atoms with Crippen molar-refractivity contribution in [2.45, 2.75) is 37.6 Å². The van der Waals surface area contributed by atoms with E-state index in [4.69, 9.17) is 0 Å². The van der Waals surface area contributed by atoms with Gasteiger partial charge >= 0.3 is 0 Å². The van der Waals surface area contributed by atoms with Crippen molar-refractivity contribution in [2.24, 2.45) is 0 Å². The monoisotopic (exact) mass is 229 g/mol. The fraction of sp³-hybridized carbons (Fsp3) is 0.500. The van der Waals surface area contributed by atoms with Crippen molar-refractivity contribution < 1.29 is 4.79 Å². The fourth-order valence-electron chi connectivity index (χ4n) is 1.25. The first kappa shape index (κ1) is 11.6. The summed E-state index contributed by atoms with van der Waals surface area (Å²) in [6.07, 6.45) is 2.11. The summed E-state index contributed by atoms with van der Waals surface area (Å²) in [6.45, 7) is 4.14. The Bertz CT molecular complexity index is 309. The molecule has 1 rings (SSSR count). The Kier molecular flexibility index (Phi) is 4.48. The second-order valence-corrected chi connectivity index (χ2v) is 4.76. The van der Waals surface area contributed by atoms with Crippen LogP contribution in [0, 0.1) is 0 Å². The zero-order chi connectivity index (χ0) is 10.6. The molecule has 0 aliphatic carbocycles. The molecule has 1 aromatic heterocycles. The maximum atomic E-state index is 11.6. The summed E-state index contributed by atoms with van der Waals surface area (Å²) in [4.78, 5) is 13.2. The predicted octanol–water partition coefficient (Wildman–Crippen LogP) is 2.96. The molecular weight excluding hydrogens is 214 g/mol. The molecule has 0 aromatic carbocycles. The van der Waals surface area contributed by atoms with Gasteiger partial charge in [-0.3, -0.25) is 4.79 Å². The second kappa shape index (κ2) is 5.41. The number of rotatable bonds is 4. The largest absolute Gasteiger partial charge is 0.349 e. The zero-order valence-electron chi connectivity index (χ0n) is 8.41. The Morgan fingerprint density at radius 2 is 2.43 bits per heavy atom. The molecule has 0 bridgehead atoms. The fourth-order valence-corrected chi connectivity index (χ4v) is 2.30. The molecule has 1 atom stereocenters. The van der Waals surface area contributed by atoms with Crippen molar-refractivity contribution in [3.63, 3.8) is 0 Å². The van der Waals surface area contributed by atoms with E-state index >= 15 is 0 Å². The van der Waals surface area contributed by atoms with Gasteiger partial charge in [-0.2, -0.15) is 0 Å². The molecule has 1 aromatic rings. The lowest BCUT2D eigenvalue weighted by atomic mass is 10.2. The van der Waals surface area contributed by atoms with Crippen LogP contribution in [0.25, 0.3) is 0 Å². The van der Waals surface area contributed by atoms with Gasteiger partial charge in [0.05, 0.1) is 4.88 Å². The molecule has 1 heterocycles. The minimum absolute atomic E-state index is 0.0104. The van der Waals surface area contributed by atoms with Crippen molar-refractivity contribution in [1.82, 2.24) is 5.32 Å². The van der Waals surface area contributed by atoms with Gasteiger partial charge in [0.25, 0.3) is 5.91 Å². The molecule has 0 spiro atoms. The molecule has 1 amide bonds.